The Bertz CT molecular complexity index is 402. The highest BCUT2D eigenvalue weighted by atomic mass is 79.9. The number of nitrogens with one attached hydrogen (secondary N) is 2. The molecule has 0 radical (unpaired) electrons. The minimum absolute atomic E-state index is 0.0524. The molecule has 0 aromatic heterocycles. The third kappa shape index (κ3) is 8.27. The lowest BCUT2D eigenvalue weighted by Gasteiger charge is -2.07. The Labute approximate surface area is 128 Å². The number of benzene rings is 1. The Morgan fingerprint density at radius 1 is 1.30 bits per heavy atom. The minimum atomic E-state index is -0.0524. The lowest BCUT2D eigenvalue weighted by Crippen LogP contribution is -2.29. The number of carbonyl (C=O) groups is 1. The predicted molar refractivity (Wildman–Crippen MR) is 83.0 cm³/mol. The summed E-state index contributed by atoms with van der Waals surface area (Å²) in [5, 5.41) is 5.90. The van der Waals surface area contributed by atoms with Gasteiger partial charge >= 0.3 is 0 Å². The van der Waals surface area contributed by atoms with Gasteiger partial charge in [0.1, 0.15) is 0 Å². The number of carbonyl (C=O) groups excluding carboxylic acids is 1. The molecule has 0 fully saturated rings. The summed E-state index contributed by atoms with van der Waals surface area (Å²) in [5.41, 5.74) is 0.786. The van der Waals surface area contributed by atoms with Gasteiger partial charge in [0.05, 0.1) is 19.8 Å². The molecule has 1 rings (SSSR count). The first-order chi connectivity index (χ1) is 9.72. The molecule has 0 unspecified atom stereocenters. The average molecular weight is 345 g/mol. The van der Waals surface area contributed by atoms with E-state index in [1.165, 1.54) is 0 Å². The number of anilines is 1. The molecule has 1 aromatic rings. The van der Waals surface area contributed by atoms with Gasteiger partial charge in [-0.15, -0.1) is 0 Å². The summed E-state index contributed by atoms with van der Waals surface area (Å²) in [7, 11) is 1.65. The van der Waals surface area contributed by atoms with Gasteiger partial charge in [0.15, 0.2) is 0 Å². The summed E-state index contributed by atoms with van der Waals surface area (Å²) in [6, 6.07) is 7.51. The molecule has 20 heavy (non-hydrogen) atoms. The molecule has 0 saturated carbocycles. The van der Waals surface area contributed by atoms with Crippen molar-refractivity contribution < 1.29 is 14.3 Å². The van der Waals surface area contributed by atoms with Crippen molar-refractivity contribution in [1.82, 2.24) is 5.32 Å². The van der Waals surface area contributed by atoms with Gasteiger partial charge in [-0.2, -0.15) is 0 Å². The van der Waals surface area contributed by atoms with Crippen molar-refractivity contribution >= 4 is 27.5 Å². The molecule has 0 aliphatic heterocycles. The number of hydrogen-bond acceptors (Lipinski definition) is 4. The van der Waals surface area contributed by atoms with Gasteiger partial charge < -0.3 is 20.1 Å². The molecule has 1 amide bonds. The molecule has 5 nitrogen and oxygen atoms in total. The molecule has 2 N–H and O–H groups in total. The molecule has 1 aromatic carbocycles. The van der Waals surface area contributed by atoms with Crippen molar-refractivity contribution in [3.8, 4) is 0 Å². The van der Waals surface area contributed by atoms with Crippen LogP contribution in [0.15, 0.2) is 28.7 Å². The maximum absolute atomic E-state index is 11.7. The van der Waals surface area contributed by atoms with Crippen LogP contribution < -0.4 is 10.6 Å². The number of rotatable bonds is 10. The van der Waals surface area contributed by atoms with Crippen LogP contribution in [0, 0.1) is 0 Å². The van der Waals surface area contributed by atoms with Crippen molar-refractivity contribution in [3.63, 3.8) is 0 Å². The Hall–Kier alpha value is -0.950. The molecule has 0 spiro atoms. The first kappa shape index (κ1) is 17.1. The summed E-state index contributed by atoms with van der Waals surface area (Å²) in [6.45, 7) is 2.94. The Morgan fingerprint density at radius 3 is 2.90 bits per heavy atom. The third-order valence-electron chi connectivity index (χ3n) is 2.47. The fourth-order valence-corrected chi connectivity index (χ4v) is 1.92. The summed E-state index contributed by atoms with van der Waals surface area (Å²) in [5.74, 6) is -0.0524. The minimum Gasteiger partial charge on any atom is -0.382 e. The van der Waals surface area contributed by atoms with Crippen molar-refractivity contribution in [2.75, 3.05) is 45.3 Å². The fraction of sp³-hybridized carbons (Fsp3) is 0.500. The molecule has 0 aliphatic carbocycles. The number of amides is 1. The van der Waals surface area contributed by atoms with E-state index in [4.69, 9.17) is 9.47 Å². The highest BCUT2D eigenvalue weighted by Crippen LogP contribution is 2.15. The number of methoxy groups -OCH3 is 1. The van der Waals surface area contributed by atoms with Crippen molar-refractivity contribution in [1.29, 1.82) is 0 Å². The molecular weight excluding hydrogens is 324 g/mol. The van der Waals surface area contributed by atoms with Gasteiger partial charge in [0.2, 0.25) is 5.91 Å². The molecule has 6 heteroatoms. The van der Waals surface area contributed by atoms with Crippen molar-refractivity contribution in [2.24, 2.45) is 0 Å². The molecule has 0 saturated heterocycles. The van der Waals surface area contributed by atoms with E-state index in [1.54, 1.807) is 7.11 Å². The average Bonchev–Trinajstić information content (AvgIpc) is 2.42. The SMILES string of the molecule is COCCOCCCNCC(=O)Nc1cccc(Br)c1. The molecule has 112 valence electrons. The van der Waals surface area contributed by atoms with E-state index in [0.717, 1.165) is 23.1 Å². The van der Waals surface area contributed by atoms with Gasteiger partial charge in [-0.1, -0.05) is 22.0 Å². The van der Waals surface area contributed by atoms with E-state index in [1.807, 2.05) is 24.3 Å². The molecule has 0 aliphatic rings. The zero-order valence-electron chi connectivity index (χ0n) is 11.7. The summed E-state index contributed by atoms with van der Waals surface area (Å²) >= 11 is 3.36. The van der Waals surface area contributed by atoms with E-state index in [2.05, 4.69) is 26.6 Å². The lowest BCUT2D eigenvalue weighted by atomic mass is 10.3. The highest BCUT2D eigenvalue weighted by molar-refractivity contribution is 9.10. The van der Waals surface area contributed by atoms with Crippen LogP contribution in [-0.2, 0) is 14.3 Å². The first-order valence-corrected chi connectivity index (χ1v) is 7.34. The maximum Gasteiger partial charge on any atom is 0.238 e. The smallest absolute Gasteiger partial charge is 0.238 e. The summed E-state index contributed by atoms with van der Waals surface area (Å²) in [6.07, 6.45) is 0.869. The van der Waals surface area contributed by atoms with Crippen LogP contribution in [0.5, 0.6) is 0 Å². The molecular formula is C14H21BrN2O3. The van der Waals surface area contributed by atoms with Gasteiger partial charge in [0.25, 0.3) is 0 Å². The van der Waals surface area contributed by atoms with Crippen LogP contribution in [0.25, 0.3) is 0 Å². The molecule has 0 atom stereocenters. The second kappa shape index (κ2) is 10.8. The third-order valence-corrected chi connectivity index (χ3v) is 2.96. The van der Waals surface area contributed by atoms with Crippen LogP contribution in [0.1, 0.15) is 6.42 Å². The predicted octanol–water partition coefficient (Wildman–Crippen LogP) is 2.03. The fourth-order valence-electron chi connectivity index (χ4n) is 1.52. The lowest BCUT2D eigenvalue weighted by molar-refractivity contribution is -0.115. The van der Waals surface area contributed by atoms with Gasteiger partial charge in [-0.3, -0.25) is 4.79 Å². The normalized spacial score (nSPS) is 10.5. The largest absolute Gasteiger partial charge is 0.382 e. The van der Waals surface area contributed by atoms with E-state index in [9.17, 15) is 4.79 Å². The monoisotopic (exact) mass is 344 g/mol. The topological polar surface area (TPSA) is 59.6 Å². The maximum atomic E-state index is 11.7. The number of halogens is 1. The first-order valence-electron chi connectivity index (χ1n) is 6.55. The Balaban J connectivity index is 2.03. The van der Waals surface area contributed by atoms with Gasteiger partial charge in [0, 0.05) is 23.9 Å². The Morgan fingerprint density at radius 2 is 2.15 bits per heavy atom. The zero-order valence-corrected chi connectivity index (χ0v) is 13.2. The van der Waals surface area contributed by atoms with Crippen LogP contribution in [0.4, 0.5) is 5.69 Å². The van der Waals surface area contributed by atoms with Gasteiger partial charge in [-0.25, -0.2) is 0 Å². The van der Waals surface area contributed by atoms with E-state index >= 15 is 0 Å². The molecule has 0 bridgehead atoms. The number of hydrogen-bond donors (Lipinski definition) is 2. The van der Waals surface area contributed by atoms with Crippen molar-refractivity contribution in [3.05, 3.63) is 28.7 Å². The second-order valence-electron chi connectivity index (χ2n) is 4.19. The van der Waals surface area contributed by atoms with E-state index in [0.29, 0.717) is 26.4 Å². The quantitative estimate of drug-likeness (QED) is 0.637. The molecule has 0 heterocycles. The van der Waals surface area contributed by atoms with E-state index in [-0.39, 0.29) is 5.91 Å². The summed E-state index contributed by atoms with van der Waals surface area (Å²) < 4.78 is 11.1. The van der Waals surface area contributed by atoms with Crippen LogP contribution in [-0.4, -0.2) is 45.9 Å². The van der Waals surface area contributed by atoms with E-state index < -0.39 is 0 Å². The highest BCUT2D eigenvalue weighted by Gasteiger charge is 2.01. The van der Waals surface area contributed by atoms with Crippen LogP contribution in [0.2, 0.25) is 0 Å². The number of ether oxygens (including phenoxy) is 2. The second-order valence-corrected chi connectivity index (χ2v) is 5.11. The van der Waals surface area contributed by atoms with Crippen LogP contribution >= 0.6 is 15.9 Å². The summed E-state index contributed by atoms with van der Waals surface area (Å²) in [4.78, 5) is 11.7. The Kier molecular flexibility index (Phi) is 9.23. The van der Waals surface area contributed by atoms with Crippen molar-refractivity contribution in [2.45, 2.75) is 6.42 Å². The van der Waals surface area contributed by atoms with Gasteiger partial charge in [-0.05, 0) is 31.2 Å². The zero-order chi connectivity index (χ0) is 14.6. The van der Waals surface area contributed by atoms with Crippen LogP contribution in [0.3, 0.4) is 0 Å². The standard InChI is InChI=1S/C14H21BrN2O3/c1-19-8-9-20-7-3-6-16-11-14(18)17-13-5-2-4-12(15)10-13/h2,4-5,10,16H,3,6-9,11H2,1H3,(H,17,18).